The first kappa shape index (κ1) is 21.2. The topological polar surface area (TPSA) is 85.7 Å². The Morgan fingerprint density at radius 3 is 2.68 bits per heavy atom. The SMILES string of the molecule is COc1ccc2c(c1)OC1(CCN(C(=O)C(C)Cn3nc(C)cc3C)CC1)CNC2=O. The second-order valence-corrected chi connectivity index (χ2v) is 8.67. The van der Waals surface area contributed by atoms with Gasteiger partial charge in [-0.15, -0.1) is 0 Å². The van der Waals surface area contributed by atoms with Crippen LogP contribution in [-0.2, 0) is 11.3 Å². The summed E-state index contributed by atoms with van der Waals surface area (Å²) in [6.45, 7) is 8.09. The lowest BCUT2D eigenvalue weighted by Crippen LogP contribution is -2.55. The van der Waals surface area contributed by atoms with Gasteiger partial charge in [0, 0.05) is 37.7 Å². The van der Waals surface area contributed by atoms with Gasteiger partial charge in [0.1, 0.15) is 17.1 Å². The molecule has 0 aliphatic carbocycles. The lowest BCUT2D eigenvalue weighted by atomic mass is 9.90. The summed E-state index contributed by atoms with van der Waals surface area (Å²) in [6.07, 6.45) is 1.31. The Labute approximate surface area is 182 Å². The van der Waals surface area contributed by atoms with Crippen molar-refractivity contribution in [3.63, 3.8) is 0 Å². The summed E-state index contributed by atoms with van der Waals surface area (Å²) >= 11 is 0. The largest absolute Gasteiger partial charge is 0.497 e. The number of ether oxygens (including phenoxy) is 2. The monoisotopic (exact) mass is 426 g/mol. The maximum Gasteiger partial charge on any atom is 0.255 e. The average molecular weight is 427 g/mol. The minimum atomic E-state index is -0.525. The zero-order chi connectivity index (χ0) is 22.2. The van der Waals surface area contributed by atoms with Crippen LogP contribution in [0.15, 0.2) is 24.3 Å². The van der Waals surface area contributed by atoms with Gasteiger partial charge in [0.25, 0.3) is 5.91 Å². The number of fused-ring (bicyclic) bond motifs is 1. The van der Waals surface area contributed by atoms with Gasteiger partial charge in [-0.25, -0.2) is 0 Å². The van der Waals surface area contributed by atoms with Crippen LogP contribution in [-0.4, -0.2) is 58.8 Å². The molecule has 1 saturated heterocycles. The fourth-order valence-electron chi connectivity index (χ4n) is 4.43. The van der Waals surface area contributed by atoms with E-state index < -0.39 is 5.60 Å². The van der Waals surface area contributed by atoms with E-state index in [1.165, 1.54) is 0 Å². The molecule has 2 aliphatic rings. The predicted molar refractivity (Wildman–Crippen MR) is 115 cm³/mol. The molecule has 1 atom stereocenters. The zero-order valence-electron chi connectivity index (χ0n) is 18.6. The van der Waals surface area contributed by atoms with Gasteiger partial charge >= 0.3 is 0 Å². The second kappa shape index (κ2) is 8.24. The molecule has 4 rings (SSSR count). The summed E-state index contributed by atoms with van der Waals surface area (Å²) in [7, 11) is 1.59. The molecule has 1 N–H and O–H groups in total. The van der Waals surface area contributed by atoms with Gasteiger partial charge in [0.05, 0.1) is 37.4 Å². The summed E-state index contributed by atoms with van der Waals surface area (Å²) in [6, 6.07) is 7.26. The Bertz CT molecular complexity index is 991. The highest BCUT2D eigenvalue weighted by atomic mass is 16.5. The Morgan fingerprint density at radius 1 is 1.29 bits per heavy atom. The van der Waals surface area contributed by atoms with E-state index >= 15 is 0 Å². The van der Waals surface area contributed by atoms with Crippen LogP contribution in [0.1, 0.15) is 41.5 Å². The van der Waals surface area contributed by atoms with E-state index in [1.807, 2.05) is 36.4 Å². The van der Waals surface area contributed by atoms with Crippen LogP contribution < -0.4 is 14.8 Å². The molecule has 166 valence electrons. The second-order valence-electron chi connectivity index (χ2n) is 8.67. The van der Waals surface area contributed by atoms with Crippen molar-refractivity contribution < 1.29 is 19.1 Å². The Hall–Kier alpha value is -3.03. The number of rotatable bonds is 4. The van der Waals surface area contributed by atoms with E-state index in [4.69, 9.17) is 9.47 Å². The molecular weight excluding hydrogens is 396 g/mol. The van der Waals surface area contributed by atoms with Crippen LogP contribution in [0.4, 0.5) is 0 Å². The van der Waals surface area contributed by atoms with Crippen LogP contribution >= 0.6 is 0 Å². The molecule has 2 aromatic rings. The molecule has 0 radical (unpaired) electrons. The number of piperidine rings is 1. The van der Waals surface area contributed by atoms with Crippen LogP contribution in [0.5, 0.6) is 11.5 Å². The summed E-state index contributed by atoms with van der Waals surface area (Å²) in [4.78, 5) is 27.4. The highest BCUT2D eigenvalue weighted by Gasteiger charge is 2.41. The van der Waals surface area contributed by atoms with Crippen molar-refractivity contribution in [1.82, 2.24) is 20.0 Å². The number of nitrogens with zero attached hydrogens (tertiary/aromatic N) is 3. The molecule has 2 amide bonds. The number of carbonyl (C=O) groups is 2. The first-order chi connectivity index (χ1) is 14.8. The summed E-state index contributed by atoms with van der Waals surface area (Å²) in [5.74, 6) is 1.00. The maximum atomic E-state index is 13.1. The summed E-state index contributed by atoms with van der Waals surface area (Å²) in [5.41, 5.74) is 2.01. The number of nitrogens with one attached hydrogen (secondary N) is 1. The fraction of sp³-hybridized carbons (Fsp3) is 0.522. The van der Waals surface area contributed by atoms with Crippen molar-refractivity contribution in [2.45, 2.75) is 45.8 Å². The third-order valence-corrected chi connectivity index (χ3v) is 6.29. The van der Waals surface area contributed by atoms with Gasteiger partial charge in [-0.2, -0.15) is 5.10 Å². The first-order valence-electron chi connectivity index (χ1n) is 10.8. The Balaban J connectivity index is 1.43. The smallest absolute Gasteiger partial charge is 0.255 e. The normalized spacial score (nSPS) is 18.6. The molecule has 1 unspecified atom stereocenters. The van der Waals surface area contributed by atoms with Gasteiger partial charge < -0.3 is 19.7 Å². The summed E-state index contributed by atoms with van der Waals surface area (Å²) in [5, 5.41) is 7.46. The fourth-order valence-corrected chi connectivity index (χ4v) is 4.43. The lowest BCUT2D eigenvalue weighted by Gasteiger charge is -2.41. The molecule has 2 aliphatic heterocycles. The molecule has 31 heavy (non-hydrogen) atoms. The molecule has 1 aromatic heterocycles. The molecule has 8 nitrogen and oxygen atoms in total. The minimum Gasteiger partial charge on any atom is -0.497 e. The van der Waals surface area contributed by atoms with Crippen molar-refractivity contribution in [2.75, 3.05) is 26.7 Å². The molecule has 1 fully saturated rings. The Morgan fingerprint density at radius 2 is 2.03 bits per heavy atom. The first-order valence-corrected chi connectivity index (χ1v) is 10.8. The lowest BCUT2D eigenvalue weighted by molar-refractivity contribution is -0.139. The standard InChI is InChI=1S/C23H30N4O4/c1-15(13-27-17(3)11-16(2)25-27)22(29)26-9-7-23(8-10-26)14-24-21(28)19-6-5-18(30-4)12-20(19)31-23/h5-6,11-12,15H,7-10,13-14H2,1-4H3,(H,24,28). The van der Waals surface area contributed by atoms with Crippen LogP contribution in [0.25, 0.3) is 0 Å². The molecule has 3 heterocycles. The molecule has 1 spiro atoms. The number of hydrogen-bond donors (Lipinski definition) is 1. The number of aromatic nitrogens is 2. The molecule has 8 heteroatoms. The van der Waals surface area contributed by atoms with Crippen molar-refractivity contribution in [3.05, 3.63) is 41.2 Å². The number of likely N-dealkylation sites (tertiary alicyclic amines) is 1. The van der Waals surface area contributed by atoms with Gasteiger partial charge in [0.2, 0.25) is 5.91 Å². The minimum absolute atomic E-state index is 0.127. The van der Waals surface area contributed by atoms with E-state index in [1.54, 1.807) is 25.3 Å². The van der Waals surface area contributed by atoms with Crippen molar-refractivity contribution in [1.29, 1.82) is 0 Å². The Kier molecular flexibility index (Phi) is 5.64. The predicted octanol–water partition coefficient (Wildman–Crippen LogP) is 2.33. The van der Waals surface area contributed by atoms with Crippen LogP contribution in [0.2, 0.25) is 0 Å². The summed E-state index contributed by atoms with van der Waals surface area (Å²) < 4.78 is 13.6. The van der Waals surface area contributed by atoms with Crippen molar-refractivity contribution in [3.8, 4) is 11.5 Å². The van der Waals surface area contributed by atoms with Crippen LogP contribution in [0.3, 0.4) is 0 Å². The van der Waals surface area contributed by atoms with Gasteiger partial charge in [0.15, 0.2) is 0 Å². The third kappa shape index (κ3) is 4.24. The number of benzene rings is 1. The van der Waals surface area contributed by atoms with E-state index in [-0.39, 0.29) is 17.7 Å². The van der Waals surface area contributed by atoms with Crippen LogP contribution in [0, 0.1) is 19.8 Å². The van der Waals surface area contributed by atoms with Gasteiger partial charge in [-0.3, -0.25) is 14.3 Å². The van der Waals surface area contributed by atoms with Crippen molar-refractivity contribution in [2.24, 2.45) is 5.92 Å². The number of amides is 2. The van der Waals surface area contributed by atoms with E-state index in [2.05, 4.69) is 10.4 Å². The number of aryl methyl sites for hydroxylation is 2. The quantitative estimate of drug-likeness (QED) is 0.811. The molecular formula is C23H30N4O4. The van der Waals surface area contributed by atoms with Gasteiger partial charge in [-0.05, 0) is 32.0 Å². The highest BCUT2D eigenvalue weighted by molar-refractivity contribution is 5.97. The van der Waals surface area contributed by atoms with E-state index in [9.17, 15) is 9.59 Å². The highest BCUT2D eigenvalue weighted by Crippen LogP contribution is 2.35. The molecule has 0 bridgehead atoms. The molecule has 1 aromatic carbocycles. The third-order valence-electron chi connectivity index (χ3n) is 6.29. The van der Waals surface area contributed by atoms with E-state index in [0.717, 1.165) is 11.4 Å². The van der Waals surface area contributed by atoms with Gasteiger partial charge in [-0.1, -0.05) is 6.92 Å². The molecule has 0 saturated carbocycles. The average Bonchev–Trinajstić information content (AvgIpc) is 3.01. The van der Waals surface area contributed by atoms with Crippen molar-refractivity contribution >= 4 is 11.8 Å². The maximum absolute atomic E-state index is 13.1. The zero-order valence-corrected chi connectivity index (χ0v) is 18.6. The number of carbonyl (C=O) groups excluding carboxylic acids is 2. The van der Waals surface area contributed by atoms with E-state index in [0.29, 0.717) is 56.1 Å². The number of hydrogen-bond acceptors (Lipinski definition) is 5. The number of methoxy groups -OCH3 is 1.